The largest absolute Gasteiger partial charge is 0.490 e. The summed E-state index contributed by atoms with van der Waals surface area (Å²) in [5.41, 5.74) is 3.66. The van der Waals surface area contributed by atoms with Crippen molar-refractivity contribution in [2.45, 2.75) is 39.2 Å². The Morgan fingerprint density at radius 2 is 1.83 bits per heavy atom. The zero-order chi connectivity index (χ0) is 21.0. The molecule has 3 rings (SSSR count). The highest BCUT2D eigenvalue weighted by Crippen LogP contribution is 2.31. The molecule has 1 aliphatic heterocycles. The number of halogens is 1. The van der Waals surface area contributed by atoms with E-state index in [0.717, 1.165) is 37.0 Å². The zero-order valence-electron chi connectivity index (χ0n) is 18.0. The third kappa shape index (κ3) is 5.88. The van der Waals surface area contributed by atoms with Gasteiger partial charge in [0.15, 0.2) is 0 Å². The van der Waals surface area contributed by atoms with Crippen molar-refractivity contribution in [3.63, 3.8) is 0 Å². The lowest BCUT2D eigenvalue weighted by Crippen LogP contribution is -3.16. The quantitative estimate of drug-likeness (QED) is 0.758. The number of ether oxygens (including phenoxy) is 1. The molecule has 1 atom stereocenters. The van der Waals surface area contributed by atoms with Gasteiger partial charge in [0.1, 0.15) is 25.0 Å². The third-order valence-corrected chi connectivity index (χ3v) is 5.87. The van der Waals surface area contributed by atoms with Crippen LogP contribution in [0.2, 0.25) is 5.02 Å². The number of benzene rings is 2. The van der Waals surface area contributed by atoms with Gasteiger partial charge in [0.05, 0.1) is 26.2 Å². The number of aryl methyl sites for hydroxylation is 1. The minimum Gasteiger partial charge on any atom is -0.490 e. The first-order valence-corrected chi connectivity index (χ1v) is 10.9. The van der Waals surface area contributed by atoms with E-state index in [9.17, 15) is 5.11 Å². The van der Waals surface area contributed by atoms with Gasteiger partial charge in [-0.3, -0.25) is 0 Å². The maximum Gasteiger partial charge on any atom is 0.137 e. The van der Waals surface area contributed by atoms with Gasteiger partial charge in [-0.05, 0) is 41.7 Å². The maximum atomic E-state index is 10.5. The van der Waals surface area contributed by atoms with Crippen LogP contribution in [-0.4, -0.2) is 50.5 Å². The van der Waals surface area contributed by atoms with Crippen LogP contribution < -0.4 is 14.5 Å². The number of hydrogen-bond acceptors (Lipinski definition) is 3. The SMILES string of the molecule is Cc1ccc(Cl)cc1N1CC[NH+](C[C@@H](O)COc2ccccc2C(C)(C)C)CC1. The predicted octanol–water partition coefficient (Wildman–Crippen LogP) is 3.09. The van der Waals surface area contributed by atoms with Crippen LogP contribution in [0, 0.1) is 6.92 Å². The van der Waals surface area contributed by atoms with E-state index in [4.69, 9.17) is 16.3 Å². The molecule has 0 aromatic heterocycles. The van der Waals surface area contributed by atoms with Crippen molar-refractivity contribution in [1.29, 1.82) is 0 Å². The monoisotopic (exact) mass is 417 g/mol. The number of rotatable bonds is 6. The molecule has 4 nitrogen and oxygen atoms in total. The fraction of sp³-hybridized carbons (Fsp3) is 0.500. The molecule has 2 aromatic carbocycles. The van der Waals surface area contributed by atoms with Gasteiger partial charge in [-0.15, -0.1) is 0 Å². The average Bonchev–Trinajstić information content (AvgIpc) is 2.68. The Morgan fingerprint density at radius 3 is 2.52 bits per heavy atom. The molecular weight excluding hydrogens is 384 g/mol. The molecule has 0 saturated carbocycles. The second kappa shape index (κ2) is 9.38. The molecule has 1 heterocycles. The number of piperazine rings is 1. The van der Waals surface area contributed by atoms with E-state index in [1.807, 2.05) is 24.3 Å². The Kier molecular flexibility index (Phi) is 7.10. The summed E-state index contributed by atoms with van der Waals surface area (Å²) in [6.45, 7) is 13.6. The number of nitrogens with one attached hydrogen (secondary N) is 1. The zero-order valence-corrected chi connectivity index (χ0v) is 18.8. The standard InChI is InChI=1S/C24H33ClN2O2/c1-18-9-10-19(25)15-22(18)27-13-11-26(12-14-27)16-20(28)17-29-23-8-6-5-7-21(23)24(2,3)4/h5-10,15,20,28H,11-14,16-17H2,1-4H3/p+1/t20-/m1/s1. The second-order valence-corrected chi connectivity index (χ2v) is 9.52. The molecule has 1 fully saturated rings. The molecule has 0 bridgehead atoms. The molecule has 5 heteroatoms. The molecule has 2 aromatic rings. The molecule has 0 unspecified atom stereocenters. The highest BCUT2D eigenvalue weighted by Gasteiger charge is 2.24. The maximum absolute atomic E-state index is 10.5. The van der Waals surface area contributed by atoms with Gasteiger partial charge in [0.25, 0.3) is 0 Å². The Hall–Kier alpha value is -1.75. The fourth-order valence-corrected chi connectivity index (χ4v) is 4.15. The highest BCUT2D eigenvalue weighted by atomic mass is 35.5. The number of para-hydroxylation sites is 1. The number of quaternary nitrogens is 1. The van der Waals surface area contributed by atoms with Crippen molar-refractivity contribution in [1.82, 2.24) is 0 Å². The van der Waals surface area contributed by atoms with Crippen LogP contribution in [0.15, 0.2) is 42.5 Å². The molecule has 2 N–H and O–H groups in total. The number of nitrogens with zero attached hydrogens (tertiary/aromatic N) is 1. The number of hydrogen-bond donors (Lipinski definition) is 2. The molecule has 1 saturated heterocycles. The van der Waals surface area contributed by atoms with Crippen molar-refractivity contribution >= 4 is 17.3 Å². The fourth-order valence-electron chi connectivity index (χ4n) is 3.98. The molecule has 29 heavy (non-hydrogen) atoms. The van der Waals surface area contributed by atoms with Crippen LogP contribution in [0.3, 0.4) is 0 Å². The van der Waals surface area contributed by atoms with Crippen molar-refractivity contribution in [2.75, 3.05) is 44.2 Å². The Labute approximate surface area is 180 Å². The van der Waals surface area contributed by atoms with Crippen LogP contribution in [0.4, 0.5) is 5.69 Å². The van der Waals surface area contributed by atoms with E-state index in [0.29, 0.717) is 13.2 Å². The minimum atomic E-state index is -0.475. The van der Waals surface area contributed by atoms with Crippen molar-refractivity contribution in [2.24, 2.45) is 0 Å². The number of aliphatic hydroxyl groups excluding tert-OH is 1. The predicted molar refractivity (Wildman–Crippen MR) is 121 cm³/mol. The second-order valence-electron chi connectivity index (χ2n) is 9.08. The van der Waals surface area contributed by atoms with Crippen LogP contribution in [0.1, 0.15) is 31.9 Å². The molecule has 158 valence electrons. The smallest absolute Gasteiger partial charge is 0.137 e. The van der Waals surface area contributed by atoms with Crippen molar-refractivity contribution in [3.05, 3.63) is 58.6 Å². The van der Waals surface area contributed by atoms with Crippen molar-refractivity contribution < 1.29 is 14.7 Å². The summed E-state index contributed by atoms with van der Waals surface area (Å²) in [7, 11) is 0. The summed E-state index contributed by atoms with van der Waals surface area (Å²) in [6, 6.07) is 14.2. The van der Waals surface area contributed by atoms with E-state index in [-0.39, 0.29) is 5.41 Å². The van der Waals surface area contributed by atoms with Crippen LogP contribution >= 0.6 is 11.6 Å². The first kappa shape index (κ1) is 21.9. The van der Waals surface area contributed by atoms with Gasteiger partial charge in [0.2, 0.25) is 0 Å². The lowest BCUT2D eigenvalue weighted by atomic mass is 9.86. The summed E-state index contributed by atoms with van der Waals surface area (Å²) >= 11 is 6.18. The summed E-state index contributed by atoms with van der Waals surface area (Å²) in [4.78, 5) is 3.81. The lowest BCUT2D eigenvalue weighted by Gasteiger charge is -2.35. The Balaban J connectivity index is 1.49. The van der Waals surface area contributed by atoms with Gasteiger partial charge < -0.3 is 19.6 Å². The van der Waals surface area contributed by atoms with E-state index in [1.54, 1.807) is 0 Å². The van der Waals surface area contributed by atoms with E-state index >= 15 is 0 Å². The summed E-state index contributed by atoms with van der Waals surface area (Å²) in [5, 5.41) is 11.3. The van der Waals surface area contributed by atoms with Crippen LogP contribution in [0.25, 0.3) is 0 Å². The summed E-state index contributed by atoms with van der Waals surface area (Å²) in [6.07, 6.45) is -0.475. The highest BCUT2D eigenvalue weighted by molar-refractivity contribution is 6.30. The lowest BCUT2D eigenvalue weighted by molar-refractivity contribution is -0.903. The first-order chi connectivity index (χ1) is 13.7. The Morgan fingerprint density at radius 1 is 1.14 bits per heavy atom. The van der Waals surface area contributed by atoms with Crippen molar-refractivity contribution in [3.8, 4) is 5.75 Å². The van der Waals surface area contributed by atoms with Gasteiger partial charge in [-0.2, -0.15) is 0 Å². The Bertz CT molecular complexity index is 811. The van der Waals surface area contributed by atoms with Gasteiger partial charge in [-0.25, -0.2) is 0 Å². The number of aliphatic hydroxyl groups is 1. The van der Waals surface area contributed by atoms with Gasteiger partial charge in [0, 0.05) is 10.7 Å². The molecule has 0 radical (unpaired) electrons. The molecule has 0 amide bonds. The van der Waals surface area contributed by atoms with E-state index in [1.165, 1.54) is 21.7 Å². The summed E-state index contributed by atoms with van der Waals surface area (Å²) < 4.78 is 6.00. The molecule has 0 aliphatic carbocycles. The number of anilines is 1. The average molecular weight is 418 g/mol. The van der Waals surface area contributed by atoms with Crippen LogP contribution in [-0.2, 0) is 5.41 Å². The van der Waals surface area contributed by atoms with E-state index in [2.05, 4.69) is 50.8 Å². The normalized spacial score (nSPS) is 16.7. The molecule has 0 spiro atoms. The van der Waals surface area contributed by atoms with E-state index < -0.39 is 6.10 Å². The summed E-state index contributed by atoms with van der Waals surface area (Å²) in [5.74, 6) is 0.871. The topological polar surface area (TPSA) is 37.1 Å². The third-order valence-electron chi connectivity index (χ3n) is 5.63. The van der Waals surface area contributed by atoms with Gasteiger partial charge in [-0.1, -0.05) is 56.6 Å². The van der Waals surface area contributed by atoms with Crippen LogP contribution in [0.5, 0.6) is 5.75 Å². The molecular formula is C24H34ClN2O2+. The van der Waals surface area contributed by atoms with Gasteiger partial charge >= 0.3 is 0 Å². The first-order valence-electron chi connectivity index (χ1n) is 10.5. The minimum absolute atomic E-state index is 0.0155. The molecule has 1 aliphatic rings.